The van der Waals surface area contributed by atoms with E-state index in [1.165, 1.54) is 23.1 Å². The number of nitrogens with zero attached hydrogens (tertiary/aromatic N) is 2. The first-order valence-electron chi connectivity index (χ1n) is 11.0. The fourth-order valence-corrected chi connectivity index (χ4v) is 5.43. The monoisotopic (exact) mass is 495 g/mol. The van der Waals surface area contributed by atoms with E-state index in [9.17, 15) is 14.0 Å². The number of carbonyl (C=O) groups excluding carboxylic acids is 1. The van der Waals surface area contributed by atoms with Crippen molar-refractivity contribution >= 4 is 40.2 Å². The Balaban J connectivity index is 1.58. The number of carboxylic acids is 1. The summed E-state index contributed by atoms with van der Waals surface area (Å²) in [5, 5.41) is 12.1. The fraction of sp³-hybridized carbons (Fsp3) is 0.522. The van der Waals surface area contributed by atoms with Crippen molar-refractivity contribution in [2.24, 2.45) is 5.92 Å². The van der Waals surface area contributed by atoms with Crippen molar-refractivity contribution in [3.8, 4) is 0 Å². The van der Waals surface area contributed by atoms with Gasteiger partial charge in [-0.05, 0) is 44.1 Å². The average molecular weight is 496 g/mol. The number of benzene rings is 1. The number of aromatic nitrogens is 1. The van der Waals surface area contributed by atoms with E-state index in [1.54, 1.807) is 36.2 Å². The van der Waals surface area contributed by atoms with Gasteiger partial charge in [-0.2, -0.15) is 0 Å². The summed E-state index contributed by atoms with van der Waals surface area (Å²) in [4.78, 5) is 29.8. The minimum atomic E-state index is -0.901. The van der Waals surface area contributed by atoms with Crippen LogP contribution in [0.2, 0.25) is 0 Å². The highest BCUT2D eigenvalue weighted by atomic mass is 32.2. The normalized spacial score (nSPS) is 18.2. The van der Waals surface area contributed by atoms with Crippen molar-refractivity contribution in [1.29, 1.82) is 0 Å². The Morgan fingerprint density at radius 3 is 2.82 bits per heavy atom. The Morgan fingerprint density at radius 2 is 2.09 bits per heavy atom. The number of thiazole rings is 1. The Bertz CT molecular complexity index is 948. The maximum absolute atomic E-state index is 14.2. The first-order valence-corrected chi connectivity index (χ1v) is 12.8. The van der Waals surface area contributed by atoms with E-state index in [2.05, 4.69) is 17.2 Å². The minimum absolute atomic E-state index is 0.0547. The largest absolute Gasteiger partial charge is 0.481 e. The molecule has 3 rings (SSSR count). The van der Waals surface area contributed by atoms with Crippen molar-refractivity contribution < 1.29 is 23.8 Å². The van der Waals surface area contributed by atoms with Crippen molar-refractivity contribution in [2.75, 3.05) is 24.2 Å². The van der Waals surface area contributed by atoms with Gasteiger partial charge < -0.3 is 14.7 Å². The number of hydrogen-bond acceptors (Lipinski definition) is 6. The first-order chi connectivity index (χ1) is 15.8. The Labute approximate surface area is 201 Å². The molecule has 1 heterocycles. The molecule has 1 aliphatic rings. The summed E-state index contributed by atoms with van der Waals surface area (Å²) in [5.41, 5.74) is 1.09. The number of halogens is 1. The van der Waals surface area contributed by atoms with E-state index in [1.807, 2.05) is 0 Å². The van der Waals surface area contributed by atoms with Crippen LogP contribution in [-0.4, -0.2) is 51.9 Å². The molecule has 0 unspecified atom stereocenters. The van der Waals surface area contributed by atoms with Crippen LogP contribution in [-0.2, 0) is 16.1 Å². The number of hydrogen-bond donors (Lipinski definition) is 2. The summed E-state index contributed by atoms with van der Waals surface area (Å²) in [6.07, 6.45) is 5.56. The summed E-state index contributed by atoms with van der Waals surface area (Å²) in [6.45, 7) is 4.79. The number of anilines is 1. The molecule has 10 heteroatoms. The van der Waals surface area contributed by atoms with Gasteiger partial charge in [-0.3, -0.25) is 10.1 Å². The lowest BCUT2D eigenvalue weighted by molar-refractivity contribution is -0.133. The summed E-state index contributed by atoms with van der Waals surface area (Å²) in [7, 11) is 0. The molecule has 0 spiro atoms. The Kier molecular flexibility index (Phi) is 9.52. The molecule has 2 aromatic rings. The second kappa shape index (κ2) is 12.3. The lowest BCUT2D eigenvalue weighted by atomic mass is 9.86. The molecule has 2 N–H and O–H groups in total. The number of nitrogens with one attached hydrogen (secondary N) is 1. The van der Waals surface area contributed by atoms with Gasteiger partial charge in [-0.25, -0.2) is 14.2 Å². The molecule has 2 amide bonds. The van der Waals surface area contributed by atoms with Crippen molar-refractivity contribution in [1.82, 2.24) is 9.88 Å². The second-order valence-electron chi connectivity index (χ2n) is 8.30. The molecule has 0 radical (unpaired) electrons. The maximum Gasteiger partial charge on any atom is 0.323 e. The zero-order chi connectivity index (χ0) is 23.8. The predicted molar refractivity (Wildman–Crippen MR) is 128 cm³/mol. The molecule has 0 aliphatic heterocycles. The van der Waals surface area contributed by atoms with E-state index in [0.717, 1.165) is 29.9 Å². The SMILES string of the molecule is Cc1cccc(COCCN(C(=O)Nc2ncc(SCC(=O)O)s2)C2CCC(C)CC2)c1F. The van der Waals surface area contributed by atoms with Gasteiger partial charge in [0.25, 0.3) is 0 Å². The number of urea groups is 1. The number of carboxylic acid groups (broad SMARTS) is 1. The van der Waals surface area contributed by atoms with Crippen LogP contribution < -0.4 is 5.32 Å². The molecule has 180 valence electrons. The summed E-state index contributed by atoms with van der Waals surface area (Å²) >= 11 is 2.42. The molecule has 0 saturated heterocycles. The van der Waals surface area contributed by atoms with Crippen molar-refractivity contribution in [2.45, 2.75) is 56.4 Å². The standard InChI is InChI=1S/C23H30FN3O4S2/c1-15-6-8-18(9-7-15)27(10-11-31-13-17-5-3-4-16(2)21(17)24)23(30)26-22-25-12-20(33-22)32-14-19(28)29/h3-5,12,15,18H,6-11,13-14H2,1-2H3,(H,28,29)(H,25,26,30). The molecule has 1 saturated carbocycles. The number of aliphatic carboxylic acids is 1. The smallest absolute Gasteiger partial charge is 0.323 e. The van der Waals surface area contributed by atoms with Gasteiger partial charge in [-0.15, -0.1) is 11.8 Å². The van der Waals surface area contributed by atoms with Gasteiger partial charge in [0, 0.05) is 18.2 Å². The number of rotatable bonds is 10. The van der Waals surface area contributed by atoms with Crippen LogP contribution in [0.25, 0.3) is 0 Å². The van der Waals surface area contributed by atoms with Crippen LogP contribution in [0, 0.1) is 18.7 Å². The number of amides is 2. The van der Waals surface area contributed by atoms with Gasteiger partial charge in [-0.1, -0.05) is 36.5 Å². The van der Waals surface area contributed by atoms with E-state index in [0.29, 0.717) is 35.3 Å². The summed E-state index contributed by atoms with van der Waals surface area (Å²) in [5.74, 6) is -0.559. The van der Waals surface area contributed by atoms with Crippen molar-refractivity contribution in [3.05, 3.63) is 41.3 Å². The maximum atomic E-state index is 14.2. The molecule has 0 bridgehead atoms. The highest BCUT2D eigenvalue weighted by Crippen LogP contribution is 2.30. The van der Waals surface area contributed by atoms with Gasteiger partial charge in [0.15, 0.2) is 5.13 Å². The Hall–Kier alpha value is -2.17. The van der Waals surface area contributed by atoms with E-state index >= 15 is 0 Å². The van der Waals surface area contributed by atoms with Gasteiger partial charge in [0.05, 0.1) is 29.4 Å². The van der Waals surface area contributed by atoms with Crippen molar-refractivity contribution in [3.63, 3.8) is 0 Å². The lowest BCUT2D eigenvalue weighted by Crippen LogP contribution is -2.46. The van der Waals surface area contributed by atoms with Crippen LogP contribution in [0.5, 0.6) is 0 Å². The molecule has 0 atom stereocenters. The molecule has 1 aliphatic carbocycles. The van der Waals surface area contributed by atoms with Crippen LogP contribution >= 0.6 is 23.1 Å². The molecule has 7 nitrogen and oxygen atoms in total. The van der Waals surface area contributed by atoms with Crippen LogP contribution in [0.15, 0.2) is 28.6 Å². The zero-order valence-electron chi connectivity index (χ0n) is 18.9. The Morgan fingerprint density at radius 1 is 1.33 bits per heavy atom. The third kappa shape index (κ3) is 7.68. The predicted octanol–water partition coefficient (Wildman–Crippen LogP) is 5.40. The first kappa shape index (κ1) is 25.5. The topological polar surface area (TPSA) is 91.8 Å². The van der Waals surface area contributed by atoms with E-state index in [-0.39, 0.29) is 30.2 Å². The van der Waals surface area contributed by atoms with Crippen LogP contribution in [0.1, 0.15) is 43.7 Å². The third-order valence-electron chi connectivity index (χ3n) is 5.73. The minimum Gasteiger partial charge on any atom is -0.481 e. The highest BCUT2D eigenvalue weighted by Gasteiger charge is 2.28. The van der Waals surface area contributed by atoms with Crippen LogP contribution in [0.4, 0.5) is 14.3 Å². The van der Waals surface area contributed by atoms with E-state index < -0.39 is 5.97 Å². The van der Waals surface area contributed by atoms with Gasteiger partial charge in [0.2, 0.25) is 0 Å². The van der Waals surface area contributed by atoms with Gasteiger partial charge >= 0.3 is 12.0 Å². The van der Waals surface area contributed by atoms with Gasteiger partial charge in [0.1, 0.15) is 5.82 Å². The fourth-order valence-electron chi connectivity index (χ4n) is 3.85. The summed E-state index contributed by atoms with van der Waals surface area (Å²) < 4.78 is 20.6. The molecule has 1 aromatic carbocycles. The molecule has 1 fully saturated rings. The third-order valence-corrected chi connectivity index (χ3v) is 7.82. The van der Waals surface area contributed by atoms with Crippen LogP contribution in [0.3, 0.4) is 0 Å². The quantitative estimate of drug-likeness (QED) is 0.339. The average Bonchev–Trinajstić information content (AvgIpc) is 3.23. The molecular weight excluding hydrogens is 465 g/mol. The highest BCUT2D eigenvalue weighted by molar-refractivity contribution is 8.01. The zero-order valence-corrected chi connectivity index (χ0v) is 20.5. The number of ether oxygens (including phenoxy) is 1. The van der Waals surface area contributed by atoms with E-state index in [4.69, 9.17) is 9.84 Å². The number of thioether (sulfide) groups is 1. The number of aryl methyl sites for hydroxylation is 1. The molecular formula is C23H30FN3O4S2. The molecule has 33 heavy (non-hydrogen) atoms. The lowest BCUT2D eigenvalue weighted by Gasteiger charge is -2.36. The second-order valence-corrected chi connectivity index (χ2v) is 10.6. The molecule has 1 aromatic heterocycles. The summed E-state index contributed by atoms with van der Waals surface area (Å²) in [6, 6.07) is 5.10. The number of carbonyl (C=O) groups is 2.